The van der Waals surface area contributed by atoms with E-state index >= 15 is 0 Å². The first-order chi connectivity index (χ1) is 6.77. The van der Waals surface area contributed by atoms with E-state index in [1.165, 1.54) is 5.56 Å². The van der Waals surface area contributed by atoms with Crippen LogP contribution in [0.5, 0.6) is 0 Å². The highest BCUT2D eigenvalue weighted by Gasteiger charge is 2.13. The summed E-state index contributed by atoms with van der Waals surface area (Å²) in [5.74, 6) is 0. The Morgan fingerprint density at radius 3 is 2.21 bits per heavy atom. The van der Waals surface area contributed by atoms with Crippen molar-refractivity contribution in [2.24, 2.45) is 0 Å². The molecule has 0 aliphatic heterocycles. The van der Waals surface area contributed by atoms with Gasteiger partial charge >= 0.3 is 0 Å². The average molecular weight is 204 g/mol. The summed E-state index contributed by atoms with van der Waals surface area (Å²) < 4.78 is 12.0. The van der Waals surface area contributed by atoms with E-state index < -0.39 is 10.8 Å². The van der Waals surface area contributed by atoms with Crippen molar-refractivity contribution >= 4 is 10.8 Å². The van der Waals surface area contributed by atoms with Crippen molar-refractivity contribution in [3.8, 4) is 0 Å². The molecule has 2 heteroatoms. The highest BCUT2D eigenvalue weighted by molar-refractivity contribution is 7.86. The van der Waals surface area contributed by atoms with Crippen molar-refractivity contribution in [3.05, 3.63) is 54.1 Å². The predicted octanol–water partition coefficient (Wildman–Crippen LogP) is 2.60. The van der Waals surface area contributed by atoms with Gasteiger partial charge in [0.15, 0.2) is 0 Å². The van der Waals surface area contributed by atoms with E-state index in [2.05, 4.69) is 0 Å². The minimum Gasteiger partial charge on any atom is -0.253 e. The van der Waals surface area contributed by atoms with Gasteiger partial charge in [-0.25, -0.2) is 0 Å². The van der Waals surface area contributed by atoms with Crippen LogP contribution in [-0.4, -0.2) is 9.46 Å². The van der Waals surface area contributed by atoms with Crippen LogP contribution in [0.1, 0.15) is 5.56 Å². The molecule has 0 radical (unpaired) electrons. The van der Waals surface area contributed by atoms with Gasteiger partial charge in [-0.1, -0.05) is 42.0 Å². The fourth-order valence-electron chi connectivity index (χ4n) is 1.38. The van der Waals surface area contributed by atoms with E-state index in [-0.39, 0.29) is 5.25 Å². The van der Waals surface area contributed by atoms with Gasteiger partial charge in [-0.2, -0.15) is 0 Å². The number of benzene rings is 1. The van der Waals surface area contributed by atoms with Crippen molar-refractivity contribution in [1.29, 1.82) is 0 Å². The smallest absolute Gasteiger partial charge is 0.0761 e. The molecule has 0 bridgehead atoms. The second-order valence-electron chi connectivity index (χ2n) is 3.34. The van der Waals surface area contributed by atoms with Crippen LogP contribution >= 0.6 is 0 Å². The minimum atomic E-state index is -0.941. The zero-order valence-electron chi connectivity index (χ0n) is 8.01. The van der Waals surface area contributed by atoms with Crippen LogP contribution in [-0.2, 0) is 10.8 Å². The average Bonchev–Trinajstić information content (AvgIpc) is 2.71. The first-order valence-electron chi connectivity index (χ1n) is 4.59. The molecule has 0 spiro atoms. The Bertz CT molecular complexity index is 389. The molecular weight excluding hydrogens is 192 g/mol. The Morgan fingerprint density at radius 1 is 1.07 bits per heavy atom. The summed E-state index contributed by atoms with van der Waals surface area (Å²) in [6.45, 7) is 2.03. The molecule has 1 nitrogen and oxygen atoms in total. The van der Waals surface area contributed by atoms with E-state index in [0.717, 1.165) is 4.90 Å². The molecule has 1 aromatic rings. The second kappa shape index (κ2) is 3.93. The van der Waals surface area contributed by atoms with Gasteiger partial charge in [0.25, 0.3) is 0 Å². The highest BCUT2D eigenvalue weighted by Crippen LogP contribution is 2.16. The molecule has 0 heterocycles. The first-order valence-corrected chi connectivity index (χ1v) is 5.81. The highest BCUT2D eigenvalue weighted by atomic mass is 32.2. The fraction of sp³-hybridized carbons (Fsp3) is 0.167. The summed E-state index contributed by atoms with van der Waals surface area (Å²) in [7, 11) is -0.941. The summed E-state index contributed by atoms with van der Waals surface area (Å²) >= 11 is 0. The summed E-state index contributed by atoms with van der Waals surface area (Å²) in [4.78, 5) is 0.900. The second-order valence-corrected chi connectivity index (χ2v) is 4.96. The zero-order chi connectivity index (χ0) is 9.97. The SMILES string of the molecule is Cc1ccc([S@](=O)C2C=CC=C2)cc1. The van der Waals surface area contributed by atoms with Gasteiger partial charge in [-0.15, -0.1) is 0 Å². The van der Waals surface area contributed by atoms with Crippen LogP contribution in [0.2, 0.25) is 0 Å². The van der Waals surface area contributed by atoms with Gasteiger partial charge in [-0.3, -0.25) is 4.21 Å². The van der Waals surface area contributed by atoms with Gasteiger partial charge in [0.1, 0.15) is 0 Å². The maximum absolute atomic E-state index is 12.0. The van der Waals surface area contributed by atoms with Gasteiger partial charge in [-0.05, 0) is 19.1 Å². The van der Waals surface area contributed by atoms with Crippen LogP contribution in [0.4, 0.5) is 0 Å². The monoisotopic (exact) mass is 204 g/mol. The summed E-state index contributed by atoms with van der Waals surface area (Å²) in [5, 5.41) is 0.0534. The van der Waals surface area contributed by atoms with Crippen LogP contribution in [0.3, 0.4) is 0 Å². The van der Waals surface area contributed by atoms with Gasteiger partial charge in [0.05, 0.1) is 16.0 Å². The number of hydrogen-bond donors (Lipinski definition) is 0. The largest absolute Gasteiger partial charge is 0.253 e. The number of allylic oxidation sites excluding steroid dienone is 2. The topological polar surface area (TPSA) is 17.1 Å². The third-order valence-electron chi connectivity index (χ3n) is 2.21. The Kier molecular flexibility index (Phi) is 2.64. The van der Waals surface area contributed by atoms with Crippen molar-refractivity contribution in [2.75, 3.05) is 0 Å². The molecule has 14 heavy (non-hydrogen) atoms. The van der Waals surface area contributed by atoms with Crippen LogP contribution < -0.4 is 0 Å². The van der Waals surface area contributed by atoms with E-state index in [9.17, 15) is 4.21 Å². The maximum atomic E-state index is 12.0. The molecule has 72 valence electrons. The summed E-state index contributed by atoms with van der Waals surface area (Å²) in [5.41, 5.74) is 1.20. The predicted molar refractivity (Wildman–Crippen MR) is 59.7 cm³/mol. The van der Waals surface area contributed by atoms with Crippen molar-refractivity contribution in [2.45, 2.75) is 17.1 Å². The van der Waals surface area contributed by atoms with Crippen LogP contribution in [0.25, 0.3) is 0 Å². The van der Waals surface area contributed by atoms with Gasteiger partial charge in [0.2, 0.25) is 0 Å². The van der Waals surface area contributed by atoms with E-state index in [0.29, 0.717) is 0 Å². The van der Waals surface area contributed by atoms with Gasteiger partial charge in [0, 0.05) is 4.90 Å². The summed E-state index contributed by atoms with van der Waals surface area (Å²) in [6.07, 6.45) is 7.82. The van der Waals surface area contributed by atoms with Crippen LogP contribution in [0, 0.1) is 6.92 Å². The molecule has 0 amide bonds. The van der Waals surface area contributed by atoms with E-state index in [1.54, 1.807) is 0 Å². The lowest BCUT2D eigenvalue weighted by molar-refractivity contribution is 0.682. The quantitative estimate of drug-likeness (QED) is 0.723. The molecule has 1 atom stereocenters. The van der Waals surface area contributed by atoms with Crippen molar-refractivity contribution in [3.63, 3.8) is 0 Å². The Balaban J connectivity index is 2.23. The first kappa shape index (κ1) is 9.41. The number of aryl methyl sites for hydroxylation is 1. The zero-order valence-corrected chi connectivity index (χ0v) is 8.83. The Hall–Kier alpha value is -1.15. The van der Waals surface area contributed by atoms with Gasteiger partial charge < -0.3 is 0 Å². The standard InChI is InChI=1S/C12H12OS/c1-10-6-8-12(9-7-10)14(13)11-4-2-3-5-11/h2-9,11H,1H3/t14-/m1/s1. The molecule has 1 aliphatic rings. The lowest BCUT2D eigenvalue weighted by Gasteiger charge is -2.05. The lowest BCUT2D eigenvalue weighted by Crippen LogP contribution is -2.07. The molecule has 0 saturated heterocycles. The molecule has 0 aromatic heterocycles. The minimum absolute atomic E-state index is 0.0534. The van der Waals surface area contributed by atoms with Crippen LogP contribution in [0.15, 0.2) is 53.5 Å². The third-order valence-corrected chi connectivity index (χ3v) is 3.76. The molecule has 0 saturated carbocycles. The molecule has 1 aliphatic carbocycles. The maximum Gasteiger partial charge on any atom is 0.0761 e. The number of hydrogen-bond acceptors (Lipinski definition) is 1. The summed E-state index contributed by atoms with van der Waals surface area (Å²) in [6, 6.07) is 7.86. The van der Waals surface area contributed by atoms with Crippen molar-refractivity contribution < 1.29 is 4.21 Å². The molecule has 0 N–H and O–H groups in total. The molecular formula is C12H12OS. The third kappa shape index (κ3) is 1.85. The Morgan fingerprint density at radius 2 is 1.64 bits per heavy atom. The van der Waals surface area contributed by atoms with Crippen molar-refractivity contribution in [1.82, 2.24) is 0 Å². The fourth-order valence-corrected chi connectivity index (χ4v) is 2.57. The molecule has 0 fully saturated rings. The number of rotatable bonds is 2. The lowest BCUT2D eigenvalue weighted by atomic mass is 10.2. The van der Waals surface area contributed by atoms with E-state index in [4.69, 9.17) is 0 Å². The Labute approximate surface area is 86.6 Å². The molecule has 1 aromatic carbocycles. The normalized spacial score (nSPS) is 17.5. The van der Waals surface area contributed by atoms with E-state index in [1.807, 2.05) is 55.5 Å². The molecule has 0 unspecified atom stereocenters. The molecule has 2 rings (SSSR count).